The van der Waals surface area contributed by atoms with Crippen LogP contribution in [0.5, 0.6) is 11.5 Å². The van der Waals surface area contributed by atoms with Crippen molar-refractivity contribution in [3.63, 3.8) is 0 Å². The molecule has 0 fully saturated rings. The van der Waals surface area contributed by atoms with Crippen molar-refractivity contribution in [2.75, 3.05) is 7.11 Å². The number of hydrogen-bond acceptors (Lipinski definition) is 4. The Morgan fingerprint density at radius 3 is 3.00 bits per heavy atom. The zero-order valence-corrected chi connectivity index (χ0v) is 12.2. The lowest BCUT2D eigenvalue weighted by atomic mass is 9.54. The van der Waals surface area contributed by atoms with Gasteiger partial charge in [0.2, 0.25) is 0 Å². The fourth-order valence-corrected chi connectivity index (χ4v) is 4.43. The molecule has 110 valence electrons. The summed E-state index contributed by atoms with van der Waals surface area (Å²) in [4.78, 5) is 12.4. The number of ketones is 1. The summed E-state index contributed by atoms with van der Waals surface area (Å²) >= 11 is 0. The molecule has 0 bridgehead atoms. The average Bonchev–Trinajstić information content (AvgIpc) is 2.87. The van der Waals surface area contributed by atoms with Crippen LogP contribution in [0.2, 0.25) is 0 Å². The van der Waals surface area contributed by atoms with E-state index in [9.17, 15) is 9.90 Å². The third kappa shape index (κ3) is 1.27. The molecule has 1 aliphatic heterocycles. The molecule has 3 atom stereocenters. The number of carbonyl (C=O) groups is 1. The van der Waals surface area contributed by atoms with Gasteiger partial charge in [0.15, 0.2) is 23.4 Å². The van der Waals surface area contributed by atoms with Gasteiger partial charge in [-0.3, -0.25) is 4.79 Å². The van der Waals surface area contributed by atoms with Gasteiger partial charge in [0.1, 0.15) is 0 Å². The molecule has 1 heterocycles. The van der Waals surface area contributed by atoms with Crippen molar-refractivity contribution >= 4 is 5.78 Å². The van der Waals surface area contributed by atoms with Gasteiger partial charge in [-0.25, -0.2) is 0 Å². The van der Waals surface area contributed by atoms with Crippen LogP contribution in [0.3, 0.4) is 0 Å². The van der Waals surface area contributed by atoms with E-state index < -0.39 is 17.1 Å². The van der Waals surface area contributed by atoms with Crippen molar-refractivity contribution < 1.29 is 19.4 Å². The highest BCUT2D eigenvalue weighted by Gasteiger charge is 2.65. The molecule has 4 rings (SSSR count). The zero-order chi connectivity index (χ0) is 14.8. The summed E-state index contributed by atoms with van der Waals surface area (Å²) in [7, 11) is 1.59. The van der Waals surface area contributed by atoms with E-state index in [1.807, 2.05) is 19.1 Å². The Balaban J connectivity index is 2.09. The zero-order valence-electron chi connectivity index (χ0n) is 12.2. The summed E-state index contributed by atoms with van der Waals surface area (Å²) in [5, 5.41) is 11.2. The van der Waals surface area contributed by atoms with Gasteiger partial charge in [-0.2, -0.15) is 0 Å². The highest BCUT2D eigenvalue weighted by molar-refractivity contribution is 5.98. The van der Waals surface area contributed by atoms with Crippen LogP contribution in [-0.4, -0.2) is 29.7 Å². The van der Waals surface area contributed by atoms with Gasteiger partial charge in [-0.1, -0.05) is 13.0 Å². The molecular weight excluding hydrogens is 268 g/mol. The Morgan fingerprint density at radius 2 is 2.29 bits per heavy atom. The predicted molar refractivity (Wildman–Crippen MR) is 76.8 cm³/mol. The van der Waals surface area contributed by atoms with E-state index >= 15 is 0 Å². The van der Waals surface area contributed by atoms with Gasteiger partial charge in [-0.05, 0) is 43.0 Å². The molecule has 4 nitrogen and oxygen atoms in total. The molecule has 1 aromatic rings. The SMILES string of the molecule is CCC12c3c4ccc(OC)c3OC1C(=O)C=CC2(O)CC4. The van der Waals surface area contributed by atoms with Gasteiger partial charge in [-0.15, -0.1) is 0 Å². The molecule has 0 saturated heterocycles. The van der Waals surface area contributed by atoms with Gasteiger partial charge < -0.3 is 14.6 Å². The Morgan fingerprint density at radius 1 is 1.48 bits per heavy atom. The van der Waals surface area contributed by atoms with Crippen LogP contribution >= 0.6 is 0 Å². The largest absolute Gasteiger partial charge is 0.493 e. The minimum absolute atomic E-state index is 0.0763. The number of hydrogen-bond donors (Lipinski definition) is 1. The highest BCUT2D eigenvalue weighted by atomic mass is 16.5. The van der Waals surface area contributed by atoms with E-state index in [2.05, 4.69) is 0 Å². The molecule has 0 radical (unpaired) electrons. The van der Waals surface area contributed by atoms with Crippen LogP contribution < -0.4 is 9.47 Å². The van der Waals surface area contributed by atoms with E-state index in [4.69, 9.17) is 9.47 Å². The quantitative estimate of drug-likeness (QED) is 0.902. The molecule has 1 N–H and O–H groups in total. The Labute approximate surface area is 123 Å². The number of rotatable bonds is 2. The van der Waals surface area contributed by atoms with Crippen LogP contribution in [0.4, 0.5) is 0 Å². The third-order valence-corrected chi connectivity index (χ3v) is 5.44. The van der Waals surface area contributed by atoms with Crippen molar-refractivity contribution in [1.29, 1.82) is 0 Å². The van der Waals surface area contributed by atoms with Crippen LogP contribution in [-0.2, 0) is 16.6 Å². The first-order valence-electron chi connectivity index (χ1n) is 7.40. The minimum atomic E-state index is -1.02. The first-order valence-corrected chi connectivity index (χ1v) is 7.40. The van der Waals surface area contributed by atoms with Crippen LogP contribution in [0.1, 0.15) is 30.9 Å². The normalized spacial score (nSPS) is 35.4. The summed E-state index contributed by atoms with van der Waals surface area (Å²) in [6, 6.07) is 3.92. The number of ether oxygens (including phenoxy) is 2. The number of benzene rings is 1. The molecule has 1 aromatic carbocycles. The summed E-state index contributed by atoms with van der Waals surface area (Å²) in [6.45, 7) is 2.01. The van der Waals surface area contributed by atoms with E-state index in [1.165, 1.54) is 6.08 Å². The smallest absolute Gasteiger partial charge is 0.196 e. The monoisotopic (exact) mass is 286 g/mol. The molecule has 0 amide bonds. The summed E-state index contributed by atoms with van der Waals surface area (Å²) in [6.07, 6.45) is 4.54. The molecule has 0 aromatic heterocycles. The Kier molecular flexibility index (Phi) is 2.39. The van der Waals surface area contributed by atoms with Crippen LogP contribution in [0.25, 0.3) is 0 Å². The Bertz CT molecular complexity index is 678. The van der Waals surface area contributed by atoms with Gasteiger partial charge in [0.25, 0.3) is 0 Å². The van der Waals surface area contributed by atoms with Crippen molar-refractivity contribution in [2.45, 2.75) is 43.3 Å². The molecule has 3 aliphatic rings. The Hall–Kier alpha value is -1.81. The highest BCUT2D eigenvalue weighted by Crippen LogP contribution is 2.61. The first kappa shape index (κ1) is 12.9. The fraction of sp³-hybridized carbons (Fsp3) is 0.471. The second-order valence-electron chi connectivity index (χ2n) is 6.11. The predicted octanol–water partition coefficient (Wildman–Crippen LogP) is 1.92. The standard InChI is InChI=1S/C17H18O4/c1-3-17-13-10-4-5-12(20-2)14(13)21-15(17)11(18)7-9-16(17,19)8-6-10/h4-5,7,9,15,19H,3,6,8H2,1-2H3. The van der Waals surface area contributed by atoms with Gasteiger partial charge in [0.05, 0.1) is 18.1 Å². The van der Waals surface area contributed by atoms with Crippen molar-refractivity contribution in [3.8, 4) is 11.5 Å². The molecule has 3 unspecified atom stereocenters. The topological polar surface area (TPSA) is 55.8 Å². The maximum absolute atomic E-state index is 12.4. The second kappa shape index (κ2) is 3.89. The maximum atomic E-state index is 12.4. The van der Waals surface area contributed by atoms with E-state index in [1.54, 1.807) is 13.2 Å². The van der Waals surface area contributed by atoms with Gasteiger partial charge >= 0.3 is 0 Å². The van der Waals surface area contributed by atoms with Crippen molar-refractivity contribution in [2.24, 2.45) is 0 Å². The molecule has 4 heteroatoms. The molecule has 0 saturated carbocycles. The number of carbonyl (C=O) groups excluding carboxylic acids is 1. The lowest BCUT2D eigenvalue weighted by molar-refractivity contribution is -0.132. The van der Waals surface area contributed by atoms with Crippen LogP contribution in [0.15, 0.2) is 24.3 Å². The number of aryl methyl sites for hydroxylation is 1. The summed E-state index contributed by atoms with van der Waals surface area (Å²) in [5.74, 6) is 1.19. The minimum Gasteiger partial charge on any atom is -0.493 e. The first-order chi connectivity index (χ1) is 10.1. The molecule has 0 spiro atoms. The van der Waals surface area contributed by atoms with Crippen molar-refractivity contribution in [3.05, 3.63) is 35.4 Å². The van der Waals surface area contributed by atoms with E-state index in [0.717, 1.165) is 17.5 Å². The van der Waals surface area contributed by atoms with Crippen LogP contribution in [0, 0.1) is 0 Å². The number of aliphatic hydroxyl groups is 1. The summed E-state index contributed by atoms with van der Waals surface area (Å²) < 4.78 is 11.4. The average molecular weight is 286 g/mol. The second-order valence-corrected chi connectivity index (χ2v) is 6.11. The molecular formula is C17H18O4. The van der Waals surface area contributed by atoms with Gasteiger partial charge in [0, 0.05) is 5.56 Å². The number of methoxy groups -OCH3 is 1. The van der Waals surface area contributed by atoms with Crippen molar-refractivity contribution in [1.82, 2.24) is 0 Å². The summed E-state index contributed by atoms with van der Waals surface area (Å²) in [5.41, 5.74) is 0.421. The lowest BCUT2D eigenvalue weighted by Crippen LogP contribution is -2.62. The molecule has 21 heavy (non-hydrogen) atoms. The molecule has 2 aliphatic carbocycles. The fourth-order valence-electron chi connectivity index (χ4n) is 4.43. The van der Waals surface area contributed by atoms with E-state index in [0.29, 0.717) is 24.3 Å². The maximum Gasteiger partial charge on any atom is 0.196 e. The van der Waals surface area contributed by atoms with E-state index in [-0.39, 0.29) is 5.78 Å². The third-order valence-electron chi connectivity index (χ3n) is 5.44. The lowest BCUT2D eigenvalue weighted by Gasteiger charge is -2.50.